The third-order valence-electron chi connectivity index (χ3n) is 2.28. The molecule has 0 saturated heterocycles. The Morgan fingerprint density at radius 2 is 2.00 bits per heavy atom. The van der Waals surface area contributed by atoms with E-state index in [1.807, 2.05) is 12.1 Å². The highest BCUT2D eigenvalue weighted by Crippen LogP contribution is 2.24. The molecule has 0 aliphatic carbocycles. The van der Waals surface area contributed by atoms with E-state index in [4.69, 9.17) is 0 Å². The highest BCUT2D eigenvalue weighted by Gasteiger charge is 2.17. The standard InChI is InChI=1S/C12H16BrF/c1-9-4-5-10(6-11(9)14)7-12(2,3)8-13/h4-6H,7-8H2,1-3H3. The molecule has 0 atom stereocenters. The number of aryl methyl sites for hydroxylation is 1. The van der Waals surface area contributed by atoms with Gasteiger partial charge >= 0.3 is 0 Å². The van der Waals surface area contributed by atoms with Gasteiger partial charge in [0.05, 0.1) is 0 Å². The quantitative estimate of drug-likeness (QED) is 0.717. The lowest BCUT2D eigenvalue weighted by Crippen LogP contribution is -2.16. The molecule has 0 fully saturated rings. The molecule has 0 unspecified atom stereocenters. The van der Waals surface area contributed by atoms with Crippen molar-refractivity contribution in [2.24, 2.45) is 5.41 Å². The molecule has 78 valence electrons. The number of hydrogen-bond donors (Lipinski definition) is 0. The van der Waals surface area contributed by atoms with Crippen LogP contribution in [0.4, 0.5) is 4.39 Å². The van der Waals surface area contributed by atoms with Gasteiger partial charge in [-0.05, 0) is 36.0 Å². The summed E-state index contributed by atoms with van der Waals surface area (Å²) in [4.78, 5) is 0. The summed E-state index contributed by atoms with van der Waals surface area (Å²) < 4.78 is 13.2. The summed E-state index contributed by atoms with van der Waals surface area (Å²) in [6.07, 6.45) is 0.898. The van der Waals surface area contributed by atoms with Crippen molar-refractivity contribution >= 4 is 15.9 Å². The average molecular weight is 259 g/mol. The lowest BCUT2D eigenvalue weighted by atomic mass is 9.88. The predicted molar refractivity (Wildman–Crippen MR) is 62.4 cm³/mol. The molecule has 1 rings (SSSR count). The van der Waals surface area contributed by atoms with E-state index in [1.165, 1.54) is 0 Å². The van der Waals surface area contributed by atoms with Crippen LogP contribution in [-0.4, -0.2) is 5.33 Å². The summed E-state index contributed by atoms with van der Waals surface area (Å²) in [7, 11) is 0. The van der Waals surface area contributed by atoms with E-state index in [0.717, 1.165) is 17.3 Å². The van der Waals surface area contributed by atoms with Crippen LogP contribution >= 0.6 is 15.9 Å². The van der Waals surface area contributed by atoms with E-state index in [1.54, 1.807) is 13.0 Å². The van der Waals surface area contributed by atoms with Crippen LogP contribution in [0.2, 0.25) is 0 Å². The second-order valence-electron chi connectivity index (χ2n) is 4.56. The molecule has 1 aromatic carbocycles. The molecular formula is C12H16BrF. The van der Waals surface area contributed by atoms with Crippen LogP contribution in [0.5, 0.6) is 0 Å². The molecule has 0 N–H and O–H groups in total. The summed E-state index contributed by atoms with van der Waals surface area (Å²) in [5.41, 5.74) is 1.96. The Morgan fingerprint density at radius 3 is 2.50 bits per heavy atom. The molecule has 0 aliphatic rings. The monoisotopic (exact) mass is 258 g/mol. The molecule has 0 saturated carbocycles. The van der Waals surface area contributed by atoms with Gasteiger partial charge in [0.15, 0.2) is 0 Å². The van der Waals surface area contributed by atoms with E-state index < -0.39 is 0 Å². The highest BCUT2D eigenvalue weighted by molar-refractivity contribution is 9.09. The topological polar surface area (TPSA) is 0 Å². The minimum absolute atomic E-state index is 0.104. The van der Waals surface area contributed by atoms with Crippen molar-refractivity contribution in [3.8, 4) is 0 Å². The number of rotatable bonds is 3. The summed E-state index contributed by atoms with van der Waals surface area (Å²) in [5, 5.41) is 0.926. The van der Waals surface area contributed by atoms with Gasteiger partial charge in [0.25, 0.3) is 0 Å². The van der Waals surface area contributed by atoms with E-state index in [-0.39, 0.29) is 11.2 Å². The molecule has 0 spiro atoms. The van der Waals surface area contributed by atoms with Crippen molar-refractivity contribution in [3.05, 3.63) is 35.1 Å². The second kappa shape index (κ2) is 4.43. The zero-order chi connectivity index (χ0) is 10.8. The van der Waals surface area contributed by atoms with Gasteiger partial charge in [0, 0.05) is 5.33 Å². The fourth-order valence-corrected chi connectivity index (χ4v) is 1.54. The van der Waals surface area contributed by atoms with E-state index in [2.05, 4.69) is 29.8 Å². The molecule has 14 heavy (non-hydrogen) atoms. The molecule has 2 heteroatoms. The lowest BCUT2D eigenvalue weighted by Gasteiger charge is -2.21. The van der Waals surface area contributed by atoms with Crippen molar-refractivity contribution < 1.29 is 4.39 Å². The first kappa shape index (κ1) is 11.7. The Hall–Kier alpha value is -0.370. The number of benzene rings is 1. The zero-order valence-corrected chi connectivity index (χ0v) is 10.5. The Labute approximate surface area is 93.7 Å². The zero-order valence-electron chi connectivity index (χ0n) is 8.90. The maximum atomic E-state index is 13.2. The van der Waals surface area contributed by atoms with Crippen LogP contribution in [0.1, 0.15) is 25.0 Å². The van der Waals surface area contributed by atoms with Gasteiger partial charge in [-0.2, -0.15) is 0 Å². The van der Waals surface area contributed by atoms with E-state index >= 15 is 0 Å². The summed E-state index contributed by atoms with van der Waals surface area (Å²) in [6, 6.07) is 5.48. The van der Waals surface area contributed by atoms with E-state index in [9.17, 15) is 4.39 Å². The molecule has 1 aromatic rings. The Balaban J connectivity index is 2.83. The number of alkyl halides is 1. The van der Waals surface area contributed by atoms with Gasteiger partial charge in [-0.3, -0.25) is 0 Å². The fraction of sp³-hybridized carbons (Fsp3) is 0.500. The third-order valence-corrected chi connectivity index (χ3v) is 3.80. The second-order valence-corrected chi connectivity index (χ2v) is 5.12. The number of halogens is 2. The molecule has 0 radical (unpaired) electrons. The van der Waals surface area contributed by atoms with Crippen LogP contribution in [0, 0.1) is 18.2 Å². The third kappa shape index (κ3) is 3.09. The molecule has 0 amide bonds. The van der Waals surface area contributed by atoms with Gasteiger partial charge in [0.2, 0.25) is 0 Å². The van der Waals surface area contributed by atoms with Gasteiger partial charge in [-0.1, -0.05) is 41.9 Å². The van der Waals surface area contributed by atoms with Crippen molar-refractivity contribution in [2.45, 2.75) is 27.2 Å². The summed E-state index contributed by atoms with van der Waals surface area (Å²) in [6.45, 7) is 6.12. The van der Waals surface area contributed by atoms with E-state index in [0.29, 0.717) is 5.56 Å². The van der Waals surface area contributed by atoms with Crippen molar-refractivity contribution in [2.75, 3.05) is 5.33 Å². The lowest BCUT2D eigenvalue weighted by molar-refractivity contribution is 0.423. The van der Waals surface area contributed by atoms with Crippen LogP contribution in [0.15, 0.2) is 18.2 Å². The van der Waals surface area contributed by atoms with Crippen LogP contribution in [0.3, 0.4) is 0 Å². The minimum atomic E-state index is -0.104. The smallest absolute Gasteiger partial charge is 0.126 e. The summed E-state index contributed by atoms with van der Waals surface area (Å²) in [5.74, 6) is -0.104. The van der Waals surface area contributed by atoms with Gasteiger partial charge < -0.3 is 0 Å². The fourth-order valence-electron chi connectivity index (χ4n) is 1.35. The SMILES string of the molecule is Cc1ccc(CC(C)(C)CBr)cc1F. The largest absolute Gasteiger partial charge is 0.207 e. The molecule has 0 nitrogen and oxygen atoms in total. The average Bonchev–Trinajstić information content (AvgIpc) is 2.11. The minimum Gasteiger partial charge on any atom is -0.207 e. The molecule has 0 aliphatic heterocycles. The first-order chi connectivity index (χ1) is 6.44. The maximum Gasteiger partial charge on any atom is 0.126 e. The van der Waals surface area contributed by atoms with Crippen molar-refractivity contribution in [3.63, 3.8) is 0 Å². The predicted octanol–water partition coefficient (Wildman–Crippen LogP) is 4.10. The molecule has 0 bridgehead atoms. The summed E-state index contributed by atoms with van der Waals surface area (Å²) >= 11 is 3.47. The van der Waals surface area contributed by atoms with Crippen molar-refractivity contribution in [1.29, 1.82) is 0 Å². The Kier molecular flexibility index (Phi) is 3.71. The highest BCUT2D eigenvalue weighted by atomic mass is 79.9. The molecular weight excluding hydrogens is 243 g/mol. The van der Waals surface area contributed by atoms with Gasteiger partial charge in [-0.25, -0.2) is 4.39 Å². The first-order valence-corrected chi connectivity index (χ1v) is 5.88. The molecule has 0 aromatic heterocycles. The van der Waals surface area contributed by atoms with Gasteiger partial charge in [-0.15, -0.1) is 0 Å². The Bertz CT molecular complexity index is 318. The maximum absolute atomic E-state index is 13.2. The molecule has 0 heterocycles. The van der Waals surface area contributed by atoms with Crippen LogP contribution in [0.25, 0.3) is 0 Å². The van der Waals surface area contributed by atoms with Crippen LogP contribution < -0.4 is 0 Å². The normalized spacial score (nSPS) is 11.8. The van der Waals surface area contributed by atoms with Crippen LogP contribution in [-0.2, 0) is 6.42 Å². The Morgan fingerprint density at radius 1 is 1.36 bits per heavy atom. The van der Waals surface area contributed by atoms with Crippen molar-refractivity contribution in [1.82, 2.24) is 0 Å². The number of hydrogen-bond acceptors (Lipinski definition) is 0. The van der Waals surface area contributed by atoms with Gasteiger partial charge in [0.1, 0.15) is 5.82 Å². The first-order valence-electron chi connectivity index (χ1n) is 4.75.